The Morgan fingerprint density at radius 1 is 0.833 bits per heavy atom. The van der Waals surface area contributed by atoms with E-state index in [4.69, 9.17) is 23.7 Å². The topological polar surface area (TPSA) is 114 Å². The first kappa shape index (κ1) is 31.4. The lowest BCUT2D eigenvalue weighted by molar-refractivity contribution is -0.170. The van der Waals surface area contributed by atoms with Gasteiger partial charge in [-0.05, 0) is 39.2 Å². The Labute approximate surface area is 221 Å². The molecule has 36 heavy (non-hydrogen) atoms. The predicted octanol–water partition coefficient (Wildman–Crippen LogP) is 5.15. The zero-order chi connectivity index (χ0) is 27.2. The molecule has 0 aliphatic carbocycles. The summed E-state index contributed by atoms with van der Waals surface area (Å²) < 4.78 is 25.6. The largest absolute Gasteiger partial charge is 0.508 e. The van der Waals surface area contributed by atoms with E-state index in [1.165, 1.54) is 13.8 Å². The molecule has 202 valence electrons. The Balaban J connectivity index is 2.71. The molecule has 10 heteroatoms. The van der Waals surface area contributed by atoms with Crippen molar-refractivity contribution in [2.45, 2.75) is 58.7 Å². The van der Waals surface area contributed by atoms with Crippen LogP contribution >= 0.6 is 15.9 Å². The number of benzene rings is 1. The molecule has 0 bridgehead atoms. The number of hydrogen-bond donors (Lipinski definition) is 0. The van der Waals surface area contributed by atoms with Crippen LogP contribution in [0.4, 0.5) is 4.79 Å². The molecule has 0 spiro atoms. The van der Waals surface area contributed by atoms with Crippen molar-refractivity contribution in [3.63, 3.8) is 0 Å². The van der Waals surface area contributed by atoms with Crippen molar-refractivity contribution < 1.29 is 42.9 Å². The molecule has 0 fully saturated rings. The van der Waals surface area contributed by atoms with Crippen molar-refractivity contribution in [1.29, 1.82) is 0 Å². The Bertz CT molecular complexity index is 856. The standard InChI is InChI=1S/C26H37BrO9/c1-6-13-33-23(30)26(5,18-36-24(31)34-15-10-14-32-19(2)28)17-35-22(29)25(3,4)16-21(27)20-11-8-7-9-12-20/h7-9,11-12,21H,6,10,13-18H2,1-5H3. The lowest BCUT2D eigenvalue weighted by Gasteiger charge is -2.30. The third-order valence-corrected chi connectivity index (χ3v) is 6.03. The summed E-state index contributed by atoms with van der Waals surface area (Å²) in [5.74, 6) is -1.57. The van der Waals surface area contributed by atoms with Crippen LogP contribution in [-0.2, 0) is 38.1 Å². The van der Waals surface area contributed by atoms with Gasteiger partial charge in [0.15, 0.2) is 0 Å². The van der Waals surface area contributed by atoms with Gasteiger partial charge >= 0.3 is 24.1 Å². The molecule has 1 aromatic carbocycles. The molecule has 0 aromatic heterocycles. The van der Waals surface area contributed by atoms with Crippen LogP contribution in [0.2, 0.25) is 0 Å². The quantitative estimate of drug-likeness (QED) is 0.122. The minimum Gasteiger partial charge on any atom is -0.466 e. The van der Waals surface area contributed by atoms with Gasteiger partial charge in [-0.15, -0.1) is 0 Å². The second-order valence-electron chi connectivity index (χ2n) is 9.32. The van der Waals surface area contributed by atoms with Crippen LogP contribution in [-0.4, -0.2) is 57.1 Å². The van der Waals surface area contributed by atoms with Gasteiger partial charge in [0.2, 0.25) is 0 Å². The average molecular weight is 573 g/mol. The number of rotatable bonds is 15. The Kier molecular flexibility index (Phi) is 13.5. The molecule has 2 atom stereocenters. The molecule has 0 amide bonds. The van der Waals surface area contributed by atoms with E-state index in [2.05, 4.69) is 15.9 Å². The van der Waals surface area contributed by atoms with Crippen LogP contribution in [0.25, 0.3) is 0 Å². The van der Waals surface area contributed by atoms with E-state index in [9.17, 15) is 19.2 Å². The lowest BCUT2D eigenvalue weighted by atomic mass is 9.86. The first-order valence-electron chi connectivity index (χ1n) is 11.9. The van der Waals surface area contributed by atoms with E-state index < -0.39 is 41.5 Å². The van der Waals surface area contributed by atoms with E-state index in [0.29, 0.717) is 19.3 Å². The monoisotopic (exact) mass is 572 g/mol. The number of hydrogen-bond acceptors (Lipinski definition) is 9. The van der Waals surface area contributed by atoms with Gasteiger partial charge in [0.25, 0.3) is 0 Å². The zero-order valence-electron chi connectivity index (χ0n) is 21.7. The Hall–Kier alpha value is -2.62. The van der Waals surface area contributed by atoms with Crippen molar-refractivity contribution >= 4 is 40.0 Å². The molecule has 0 heterocycles. The van der Waals surface area contributed by atoms with Crippen molar-refractivity contribution in [1.82, 2.24) is 0 Å². The summed E-state index contributed by atoms with van der Waals surface area (Å²) >= 11 is 3.63. The summed E-state index contributed by atoms with van der Waals surface area (Å²) in [7, 11) is 0. The van der Waals surface area contributed by atoms with E-state index in [1.54, 1.807) is 13.8 Å². The number of carbonyl (C=O) groups excluding carboxylic acids is 4. The smallest absolute Gasteiger partial charge is 0.466 e. The highest BCUT2D eigenvalue weighted by Gasteiger charge is 2.41. The van der Waals surface area contributed by atoms with Gasteiger partial charge in [-0.25, -0.2) is 4.79 Å². The maximum Gasteiger partial charge on any atom is 0.508 e. The molecule has 1 aromatic rings. The molecule has 1 rings (SSSR count). The molecule has 0 saturated heterocycles. The Morgan fingerprint density at radius 2 is 1.44 bits per heavy atom. The van der Waals surface area contributed by atoms with Crippen molar-refractivity contribution in [3.8, 4) is 0 Å². The number of esters is 3. The molecule has 0 radical (unpaired) electrons. The van der Waals surface area contributed by atoms with Gasteiger partial charge in [-0.2, -0.15) is 0 Å². The SMILES string of the molecule is CCCOC(=O)C(C)(COC(=O)OCCCOC(C)=O)COC(=O)C(C)(C)CC(Br)c1ccccc1. The van der Waals surface area contributed by atoms with Crippen LogP contribution in [0, 0.1) is 10.8 Å². The van der Waals surface area contributed by atoms with E-state index >= 15 is 0 Å². The molecule has 0 aliphatic heterocycles. The summed E-state index contributed by atoms with van der Waals surface area (Å²) in [6.45, 7) is 7.67. The highest BCUT2D eigenvalue weighted by Crippen LogP contribution is 2.37. The molecule has 0 aliphatic rings. The molecule has 0 saturated carbocycles. The van der Waals surface area contributed by atoms with Gasteiger partial charge in [0.1, 0.15) is 18.6 Å². The average Bonchev–Trinajstić information content (AvgIpc) is 2.84. The van der Waals surface area contributed by atoms with Crippen LogP contribution in [0.1, 0.15) is 64.3 Å². The molecular formula is C26H37BrO9. The van der Waals surface area contributed by atoms with Gasteiger partial charge in [0, 0.05) is 18.2 Å². The molecule has 9 nitrogen and oxygen atoms in total. The highest BCUT2D eigenvalue weighted by molar-refractivity contribution is 9.09. The third kappa shape index (κ3) is 11.4. The fourth-order valence-electron chi connectivity index (χ4n) is 2.95. The maximum atomic E-state index is 12.9. The minimum atomic E-state index is -1.43. The van der Waals surface area contributed by atoms with E-state index in [1.807, 2.05) is 37.3 Å². The molecule has 2 unspecified atom stereocenters. The number of alkyl halides is 1. The van der Waals surface area contributed by atoms with Gasteiger partial charge in [-0.3, -0.25) is 14.4 Å². The summed E-state index contributed by atoms with van der Waals surface area (Å²) in [4.78, 5) is 48.3. The van der Waals surface area contributed by atoms with Crippen molar-refractivity contribution in [3.05, 3.63) is 35.9 Å². The first-order chi connectivity index (χ1) is 16.9. The summed E-state index contributed by atoms with van der Waals surface area (Å²) in [6, 6.07) is 9.70. The van der Waals surface area contributed by atoms with E-state index in [0.717, 1.165) is 5.56 Å². The van der Waals surface area contributed by atoms with Gasteiger partial charge in [0.05, 0.1) is 25.2 Å². The number of carbonyl (C=O) groups is 4. The van der Waals surface area contributed by atoms with Crippen molar-refractivity contribution in [2.24, 2.45) is 10.8 Å². The fraction of sp³-hybridized carbons (Fsp3) is 0.615. The minimum absolute atomic E-state index is 0.0264. The second-order valence-corrected chi connectivity index (χ2v) is 10.4. The zero-order valence-corrected chi connectivity index (χ0v) is 23.3. The van der Waals surface area contributed by atoms with Crippen LogP contribution in [0.5, 0.6) is 0 Å². The van der Waals surface area contributed by atoms with Gasteiger partial charge in [-0.1, -0.05) is 53.2 Å². The first-order valence-corrected chi connectivity index (χ1v) is 12.8. The van der Waals surface area contributed by atoms with E-state index in [-0.39, 0.29) is 31.3 Å². The predicted molar refractivity (Wildman–Crippen MR) is 135 cm³/mol. The fourth-order valence-corrected chi connectivity index (χ4v) is 4.06. The van der Waals surface area contributed by atoms with Gasteiger partial charge < -0.3 is 23.7 Å². The third-order valence-electron chi connectivity index (χ3n) is 5.18. The normalized spacial score (nSPS) is 13.6. The Morgan fingerprint density at radius 3 is 2.06 bits per heavy atom. The number of halogens is 1. The highest BCUT2D eigenvalue weighted by atomic mass is 79.9. The summed E-state index contributed by atoms with van der Waals surface area (Å²) in [5, 5.41) is 0. The maximum absolute atomic E-state index is 12.9. The molecule has 0 N–H and O–H groups in total. The summed E-state index contributed by atoms with van der Waals surface area (Å²) in [5.41, 5.74) is -1.25. The molecular weight excluding hydrogens is 536 g/mol. The number of ether oxygens (including phenoxy) is 5. The lowest BCUT2D eigenvalue weighted by Crippen LogP contribution is -2.42. The summed E-state index contributed by atoms with van der Waals surface area (Å²) in [6.07, 6.45) is 0.369. The van der Waals surface area contributed by atoms with Crippen LogP contribution in [0.3, 0.4) is 0 Å². The van der Waals surface area contributed by atoms with Crippen LogP contribution in [0.15, 0.2) is 30.3 Å². The van der Waals surface area contributed by atoms with Crippen molar-refractivity contribution in [2.75, 3.05) is 33.0 Å². The second kappa shape index (κ2) is 15.5. The van der Waals surface area contributed by atoms with Crippen LogP contribution < -0.4 is 0 Å².